The summed E-state index contributed by atoms with van der Waals surface area (Å²) in [5.41, 5.74) is 1.92. The van der Waals surface area contributed by atoms with E-state index >= 15 is 0 Å². The lowest BCUT2D eigenvalue weighted by molar-refractivity contribution is 0.326. The topological polar surface area (TPSA) is 39.4 Å². The predicted molar refractivity (Wildman–Crippen MR) is 87.6 cm³/mol. The van der Waals surface area contributed by atoms with Crippen molar-refractivity contribution in [2.45, 2.75) is 23.7 Å². The number of benzene rings is 2. The van der Waals surface area contributed by atoms with Crippen LogP contribution in [0.2, 0.25) is 0 Å². The molecule has 110 valence electrons. The molecule has 0 amide bonds. The second kappa shape index (κ2) is 5.21. The van der Waals surface area contributed by atoms with Gasteiger partial charge in [-0.15, -0.1) is 0 Å². The SMILES string of the molecule is Cc1ccc2c3c(c(=O)oc2c1)CC(Sc1ccccc1)O3. The molecular formula is C18H14O3S. The Labute approximate surface area is 131 Å². The van der Waals surface area contributed by atoms with Crippen molar-refractivity contribution in [1.82, 2.24) is 0 Å². The Morgan fingerprint density at radius 1 is 1.14 bits per heavy atom. The monoisotopic (exact) mass is 310 g/mol. The third kappa shape index (κ3) is 2.29. The third-order valence-corrected chi connectivity index (χ3v) is 4.81. The van der Waals surface area contributed by atoms with Gasteiger partial charge in [-0.2, -0.15) is 0 Å². The summed E-state index contributed by atoms with van der Waals surface area (Å²) in [6.07, 6.45) is 0.570. The zero-order chi connectivity index (χ0) is 15.1. The van der Waals surface area contributed by atoms with E-state index in [1.165, 1.54) is 0 Å². The molecule has 4 heteroatoms. The second-order valence-electron chi connectivity index (χ2n) is 5.38. The highest BCUT2D eigenvalue weighted by molar-refractivity contribution is 7.99. The Morgan fingerprint density at radius 2 is 1.95 bits per heavy atom. The van der Waals surface area contributed by atoms with Gasteiger partial charge in [0, 0.05) is 11.3 Å². The molecule has 2 heterocycles. The molecule has 3 aromatic rings. The highest BCUT2D eigenvalue weighted by atomic mass is 32.2. The molecule has 1 aliphatic rings. The van der Waals surface area contributed by atoms with Crippen molar-refractivity contribution in [2.75, 3.05) is 0 Å². The Balaban J connectivity index is 1.72. The van der Waals surface area contributed by atoms with Crippen LogP contribution < -0.4 is 10.4 Å². The summed E-state index contributed by atoms with van der Waals surface area (Å²) >= 11 is 1.63. The lowest BCUT2D eigenvalue weighted by atomic mass is 10.1. The fourth-order valence-electron chi connectivity index (χ4n) is 2.69. The quantitative estimate of drug-likeness (QED) is 0.666. The molecule has 1 aromatic heterocycles. The van der Waals surface area contributed by atoms with Crippen molar-refractivity contribution >= 4 is 22.7 Å². The number of hydrogen-bond donors (Lipinski definition) is 0. The van der Waals surface area contributed by atoms with Crippen LogP contribution >= 0.6 is 11.8 Å². The molecule has 0 saturated carbocycles. The average Bonchev–Trinajstić information content (AvgIpc) is 2.92. The zero-order valence-electron chi connectivity index (χ0n) is 12.0. The first kappa shape index (κ1) is 13.5. The van der Waals surface area contributed by atoms with Crippen LogP contribution in [-0.2, 0) is 6.42 Å². The van der Waals surface area contributed by atoms with E-state index in [1.807, 2.05) is 55.5 Å². The molecule has 0 saturated heterocycles. The van der Waals surface area contributed by atoms with E-state index in [1.54, 1.807) is 11.8 Å². The van der Waals surface area contributed by atoms with E-state index in [4.69, 9.17) is 9.15 Å². The highest BCUT2D eigenvalue weighted by Crippen LogP contribution is 2.39. The molecule has 22 heavy (non-hydrogen) atoms. The summed E-state index contributed by atoms with van der Waals surface area (Å²) in [4.78, 5) is 13.3. The van der Waals surface area contributed by atoms with Crippen LogP contribution in [0, 0.1) is 6.92 Å². The van der Waals surface area contributed by atoms with Crippen molar-refractivity contribution in [1.29, 1.82) is 0 Å². The number of rotatable bonds is 2. The Hall–Kier alpha value is -2.20. The van der Waals surface area contributed by atoms with Crippen LogP contribution in [0.5, 0.6) is 5.75 Å². The number of fused-ring (bicyclic) bond motifs is 3. The number of thioether (sulfide) groups is 1. The van der Waals surface area contributed by atoms with Gasteiger partial charge in [0.05, 0.1) is 10.9 Å². The molecule has 0 bridgehead atoms. The van der Waals surface area contributed by atoms with Crippen molar-refractivity contribution in [3.05, 3.63) is 70.1 Å². The van der Waals surface area contributed by atoms with Crippen molar-refractivity contribution in [3.8, 4) is 5.75 Å². The fraction of sp³-hybridized carbons (Fsp3) is 0.167. The van der Waals surface area contributed by atoms with Crippen molar-refractivity contribution in [3.63, 3.8) is 0 Å². The van der Waals surface area contributed by atoms with Crippen LogP contribution in [0.4, 0.5) is 0 Å². The van der Waals surface area contributed by atoms with Gasteiger partial charge in [0.15, 0.2) is 5.44 Å². The largest absolute Gasteiger partial charge is 0.478 e. The lowest BCUT2D eigenvalue weighted by Gasteiger charge is -2.10. The third-order valence-electron chi connectivity index (χ3n) is 3.74. The first-order valence-corrected chi connectivity index (χ1v) is 8.03. The van der Waals surface area contributed by atoms with E-state index < -0.39 is 0 Å². The molecule has 0 fully saturated rings. The van der Waals surface area contributed by atoms with E-state index in [9.17, 15) is 4.79 Å². The summed E-state index contributed by atoms with van der Waals surface area (Å²) in [6, 6.07) is 15.9. The molecule has 2 aromatic carbocycles. The molecule has 0 N–H and O–H groups in total. The number of hydrogen-bond acceptors (Lipinski definition) is 4. The summed E-state index contributed by atoms with van der Waals surface area (Å²) < 4.78 is 11.5. The standard InChI is InChI=1S/C18H14O3S/c1-11-7-8-13-15(9-11)20-18(19)14-10-16(21-17(13)14)22-12-5-3-2-4-6-12/h2-9,16H,10H2,1H3. The summed E-state index contributed by atoms with van der Waals surface area (Å²) in [5.74, 6) is 0.680. The smallest absolute Gasteiger partial charge is 0.343 e. The van der Waals surface area contributed by atoms with Crippen LogP contribution in [0.15, 0.2) is 62.6 Å². The summed E-state index contributed by atoms with van der Waals surface area (Å²) in [6.45, 7) is 1.97. The maximum Gasteiger partial charge on any atom is 0.343 e. The van der Waals surface area contributed by atoms with Gasteiger partial charge in [0.25, 0.3) is 0 Å². The van der Waals surface area contributed by atoms with Gasteiger partial charge in [-0.1, -0.05) is 36.0 Å². The van der Waals surface area contributed by atoms with Crippen molar-refractivity contribution < 1.29 is 9.15 Å². The molecule has 1 aliphatic heterocycles. The Bertz CT molecular complexity index is 899. The fourth-order valence-corrected chi connectivity index (χ4v) is 3.70. The van der Waals surface area contributed by atoms with Gasteiger partial charge in [0.2, 0.25) is 0 Å². The number of ether oxygens (including phenoxy) is 1. The van der Waals surface area contributed by atoms with Crippen LogP contribution in [0.25, 0.3) is 11.0 Å². The molecule has 0 radical (unpaired) electrons. The molecule has 0 aliphatic carbocycles. The van der Waals surface area contributed by atoms with Gasteiger partial charge < -0.3 is 9.15 Å². The minimum Gasteiger partial charge on any atom is -0.478 e. The van der Waals surface area contributed by atoms with E-state index in [-0.39, 0.29) is 11.1 Å². The van der Waals surface area contributed by atoms with Gasteiger partial charge in [-0.05, 0) is 36.8 Å². The minimum atomic E-state index is -0.288. The predicted octanol–water partition coefficient (Wildman–Crippen LogP) is 4.15. The number of aryl methyl sites for hydroxylation is 1. The molecule has 1 atom stereocenters. The molecular weight excluding hydrogens is 296 g/mol. The molecule has 4 rings (SSSR count). The Kier molecular flexibility index (Phi) is 3.19. The highest BCUT2D eigenvalue weighted by Gasteiger charge is 2.29. The second-order valence-corrected chi connectivity index (χ2v) is 6.61. The van der Waals surface area contributed by atoms with Crippen molar-refractivity contribution in [2.24, 2.45) is 0 Å². The summed E-state index contributed by atoms with van der Waals surface area (Å²) in [5, 5.41) is 0.872. The van der Waals surface area contributed by atoms with E-state index in [0.29, 0.717) is 23.3 Å². The molecule has 1 unspecified atom stereocenters. The lowest BCUT2D eigenvalue weighted by Crippen LogP contribution is -2.09. The summed E-state index contributed by atoms with van der Waals surface area (Å²) in [7, 11) is 0. The van der Waals surface area contributed by atoms with Gasteiger partial charge in [-0.3, -0.25) is 0 Å². The van der Waals surface area contributed by atoms with Gasteiger partial charge in [0.1, 0.15) is 11.3 Å². The zero-order valence-corrected chi connectivity index (χ0v) is 12.9. The normalized spacial score (nSPS) is 16.5. The molecule has 3 nitrogen and oxygen atoms in total. The first-order chi connectivity index (χ1) is 10.7. The average molecular weight is 310 g/mol. The minimum absolute atomic E-state index is 0.0906. The van der Waals surface area contributed by atoms with Crippen LogP contribution in [0.3, 0.4) is 0 Å². The van der Waals surface area contributed by atoms with Gasteiger partial charge in [-0.25, -0.2) is 4.79 Å². The maximum atomic E-state index is 12.2. The maximum absolute atomic E-state index is 12.2. The molecule has 0 spiro atoms. The van der Waals surface area contributed by atoms with Crippen LogP contribution in [0.1, 0.15) is 11.1 Å². The Morgan fingerprint density at radius 3 is 2.77 bits per heavy atom. The van der Waals surface area contributed by atoms with E-state index in [0.717, 1.165) is 15.8 Å². The van der Waals surface area contributed by atoms with Crippen LogP contribution in [-0.4, -0.2) is 5.44 Å². The first-order valence-electron chi connectivity index (χ1n) is 7.15. The van der Waals surface area contributed by atoms with Gasteiger partial charge >= 0.3 is 5.63 Å². The van der Waals surface area contributed by atoms with E-state index in [2.05, 4.69) is 0 Å².